The minimum atomic E-state index is 0.558. The lowest BCUT2D eigenvalue weighted by Gasteiger charge is -1.90. The Labute approximate surface area is 67.9 Å². The van der Waals surface area contributed by atoms with Crippen molar-refractivity contribution in [3.8, 4) is 0 Å². The molecule has 0 aromatic carbocycles. The molecule has 0 nitrogen and oxygen atoms in total. The lowest BCUT2D eigenvalue weighted by Crippen LogP contribution is -1.76. The van der Waals surface area contributed by atoms with Crippen molar-refractivity contribution >= 4 is 11.6 Å². The zero-order valence-electron chi connectivity index (χ0n) is 6.31. The molecule has 0 bridgehead atoms. The fourth-order valence-corrected chi connectivity index (χ4v) is 0.743. The van der Waals surface area contributed by atoms with Crippen molar-refractivity contribution < 1.29 is 0 Å². The Bertz CT molecular complexity index is 143. The summed E-state index contributed by atoms with van der Waals surface area (Å²) in [5, 5.41) is 0. The van der Waals surface area contributed by atoms with Gasteiger partial charge in [-0.25, -0.2) is 0 Å². The van der Waals surface area contributed by atoms with Gasteiger partial charge in [0.25, 0.3) is 0 Å². The van der Waals surface area contributed by atoms with Crippen LogP contribution in [0.4, 0.5) is 0 Å². The third-order valence-corrected chi connectivity index (χ3v) is 1.36. The van der Waals surface area contributed by atoms with Crippen molar-refractivity contribution in [2.24, 2.45) is 0 Å². The zero-order valence-corrected chi connectivity index (χ0v) is 7.06. The molecule has 0 saturated heterocycles. The smallest absolute Gasteiger partial charge is 0.0473 e. The van der Waals surface area contributed by atoms with Gasteiger partial charge in [0.05, 0.1) is 0 Å². The van der Waals surface area contributed by atoms with Crippen LogP contribution in [-0.2, 0) is 0 Å². The maximum Gasteiger partial charge on any atom is 0.0473 e. The minimum absolute atomic E-state index is 0.558. The Kier molecular flexibility index (Phi) is 6.30. The molecule has 0 radical (unpaired) electrons. The van der Waals surface area contributed by atoms with Crippen LogP contribution in [0, 0.1) is 0 Å². The lowest BCUT2D eigenvalue weighted by molar-refractivity contribution is 1.22. The van der Waals surface area contributed by atoms with Crippen molar-refractivity contribution in [1.82, 2.24) is 0 Å². The first-order chi connectivity index (χ1) is 4.85. The molecule has 0 atom stereocenters. The first-order valence-electron chi connectivity index (χ1n) is 3.39. The normalized spacial score (nSPS) is 12.4. The molecular weight excluding hydrogens is 144 g/mol. The van der Waals surface area contributed by atoms with E-state index in [-0.39, 0.29) is 0 Å². The predicted molar refractivity (Wildman–Crippen MR) is 48.4 cm³/mol. The predicted octanol–water partition coefficient (Wildman–Crippen LogP) is 3.30. The maximum atomic E-state index is 5.61. The summed E-state index contributed by atoms with van der Waals surface area (Å²) in [6.45, 7) is 5.68. The fourth-order valence-electron chi connectivity index (χ4n) is 0.565. The molecule has 1 heteroatoms. The van der Waals surface area contributed by atoms with Crippen molar-refractivity contribution in [3.63, 3.8) is 0 Å². The molecule has 0 N–H and O–H groups in total. The molecule has 0 aliphatic carbocycles. The quantitative estimate of drug-likeness (QED) is 0.433. The number of hydrogen-bond acceptors (Lipinski definition) is 0. The van der Waals surface area contributed by atoms with Gasteiger partial charge >= 0.3 is 0 Å². The van der Waals surface area contributed by atoms with Gasteiger partial charge in [-0.3, -0.25) is 0 Å². The summed E-state index contributed by atoms with van der Waals surface area (Å²) in [5.41, 5.74) is 1.11. The molecule has 0 aromatic rings. The van der Waals surface area contributed by atoms with E-state index in [0.29, 0.717) is 5.88 Å². The van der Waals surface area contributed by atoms with Gasteiger partial charge in [-0.15, -0.1) is 11.6 Å². The van der Waals surface area contributed by atoms with Crippen molar-refractivity contribution in [2.45, 2.75) is 13.3 Å². The van der Waals surface area contributed by atoms with E-state index >= 15 is 0 Å². The van der Waals surface area contributed by atoms with Crippen LogP contribution in [0.1, 0.15) is 13.3 Å². The summed E-state index contributed by atoms with van der Waals surface area (Å²) in [7, 11) is 0. The van der Waals surface area contributed by atoms with E-state index in [4.69, 9.17) is 11.6 Å². The molecule has 0 rings (SSSR count). The molecule has 0 aliphatic heterocycles. The Morgan fingerprint density at radius 3 is 2.70 bits per heavy atom. The van der Waals surface area contributed by atoms with Gasteiger partial charge in [0.15, 0.2) is 0 Å². The average Bonchev–Trinajstić information content (AvgIpc) is 1.98. The Morgan fingerprint density at radius 1 is 1.60 bits per heavy atom. The van der Waals surface area contributed by atoms with Gasteiger partial charge in [-0.05, 0) is 12.0 Å². The fraction of sp³-hybridized carbons (Fsp3) is 0.333. The van der Waals surface area contributed by atoms with Crippen molar-refractivity contribution in [1.29, 1.82) is 0 Å². The van der Waals surface area contributed by atoms with Gasteiger partial charge in [-0.1, -0.05) is 37.8 Å². The van der Waals surface area contributed by atoms with Crippen LogP contribution in [-0.4, -0.2) is 5.88 Å². The molecule has 10 heavy (non-hydrogen) atoms. The molecule has 0 fully saturated rings. The molecule has 0 unspecified atom stereocenters. The van der Waals surface area contributed by atoms with Crippen LogP contribution in [0.15, 0.2) is 36.5 Å². The molecule has 0 amide bonds. The van der Waals surface area contributed by atoms with Crippen LogP contribution in [0.3, 0.4) is 0 Å². The van der Waals surface area contributed by atoms with Crippen LogP contribution < -0.4 is 0 Å². The Hall–Kier alpha value is -0.490. The molecule has 0 aliphatic rings. The third-order valence-electron chi connectivity index (χ3n) is 1.05. The highest BCUT2D eigenvalue weighted by Gasteiger charge is 1.83. The SMILES string of the molecule is C=C/C=C(\C=C/CC)CCl. The van der Waals surface area contributed by atoms with Crippen molar-refractivity contribution in [2.75, 3.05) is 5.88 Å². The second-order valence-corrected chi connectivity index (χ2v) is 2.19. The number of allylic oxidation sites excluding steroid dienone is 5. The molecule has 0 heterocycles. The summed E-state index contributed by atoms with van der Waals surface area (Å²) < 4.78 is 0. The molecule has 0 saturated carbocycles. The highest BCUT2D eigenvalue weighted by atomic mass is 35.5. The van der Waals surface area contributed by atoms with Gasteiger partial charge in [0, 0.05) is 5.88 Å². The van der Waals surface area contributed by atoms with E-state index in [1.54, 1.807) is 6.08 Å². The summed E-state index contributed by atoms with van der Waals surface area (Å²) in [4.78, 5) is 0. The number of hydrogen-bond donors (Lipinski definition) is 0. The van der Waals surface area contributed by atoms with Crippen LogP contribution in [0.25, 0.3) is 0 Å². The monoisotopic (exact) mass is 156 g/mol. The molecular formula is C9H13Cl. The third kappa shape index (κ3) is 4.39. The second kappa shape index (κ2) is 6.63. The first-order valence-corrected chi connectivity index (χ1v) is 3.92. The largest absolute Gasteiger partial charge is 0.122 e. The van der Waals surface area contributed by atoms with Crippen LogP contribution >= 0.6 is 11.6 Å². The standard InChI is InChI=1S/C9H13Cl/c1-3-5-7-9(8-10)6-4-2/h4-7H,2-3,8H2,1H3/b7-5-,9-6+. The second-order valence-electron chi connectivity index (χ2n) is 1.92. The molecule has 56 valence electrons. The average molecular weight is 157 g/mol. The maximum absolute atomic E-state index is 5.61. The number of alkyl halides is 1. The highest BCUT2D eigenvalue weighted by molar-refractivity contribution is 6.19. The van der Waals surface area contributed by atoms with Gasteiger partial charge in [0.2, 0.25) is 0 Å². The van der Waals surface area contributed by atoms with Crippen molar-refractivity contribution in [3.05, 3.63) is 36.5 Å². The van der Waals surface area contributed by atoms with Gasteiger partial charge < -0.3 is 0 Å². The summed E-state index contributed by atoms with van der Waals surface area (Å²) in [6, 6.07) is 0. The van der Waals surface area contributed by atoms with E-state index < -0.39 is 0 Å². The zero-order chi connectivity index (χ0) is 7.82. The van der Waals surface area contributed by atoms with E-state index in [1.165, 1.54) is 0 Å². The topological polar surface area (TPSA) is 0 Å². The first kappa shape index (κ1) is 9.51. The number of rotatable bonds is 4. The van der Waals surface area contributed by atoms with Crippen LogP contribution in [0.5, 0.6) is 0 Å². The Morgan fingerprint density at radius 2 is 2.30 bits per heavy atom. The highest BCUT2D eigenvalue weighted by Crippen LogP contribution is 2.00. The minimum Gasteiger partial charge on any atom is -0.122 e. The summed E-state index contributed by atoms with van der Waals surface area (Å²) >= 11 is 5.61. The molecule has 0 aromatic heterocycles. The number of halogens is 1. The van der Waals surface area contributed by atoms with Gasteiger partial charge in [-0.2, -0.15) is 0 Å². The van der Waals surface area contributed by atoms with E-state index in [9.17, 15) is 0 Å². The lowest BCUT2D eigenvalue weighted by atomic mass is 10.2. The summed E-state index contributed by atoms with van der Waals surface area (Å²) in [6.07, 6.45) is 8.81. The van der Waals surface area contributed by atoms with E-state index in [1.807, 2.05) is 12.2 Å². The summed E-state index contributed by atoms with van der Waals surface area (Å²) in [5.74, 6) is 0.558. The van der Waals surface area contributed by atoms with E-state index in [2.05, 4.69) is 19.6 Å². The molecule has 0 spiro atoms. The van der Waals surface area contributed by atoms with Gasteiger partial charge in [0.1, 0.15) is 0 Å². The Balaban J connectivity index is 3.94. The van der Waals surface area contributed by atoms with E-state index in [0.717, 1.165) is 12.0 Å². The van der Waals surface area contributed by atoms with Crippen LogP contribution in [0.2, 0.25) is 0 Å².